The van der Waals surface area contributed by atoms with Gasteiger partial charge in [-0.3, -0.25) is 0 Å². The van der Waals surface area contributed by atoms with Gasteiger partial charge in [0.1, 0.15) is 10.7 Å². The molecule has 8 heteroatoms. The van der Waals surface area contributed by atoms with E-state index in [0.29, 0.717) is 31.7 Å². The summed E-state index contributed by atoms with van der Waals surface area (Å²) in [7, 11) is -3.55. The van der Waals surface area contributed by atoms with Gasteiger partial charge < -0.3 is 10.5 Å². The van der Waals surface area contributed by atoms with Gasteiger partial charge in [0.15, 0.2) is 0 Å². The van der Waals surface area contributed by atoms with Crippen molar-refractivity contribution in [1.29, 1.82) is 0 Å². The van der Waals surface area contributed by atoms with Crippen molar-refractivity contribution >= 4 is 15.8 Å². The Labute approximate surface area is 112 Å². The first-order valence-electron chi connectivity index (χ1n) is 6.00. The van der Waals surface area contributed by atoms with E-state index in [1.165, 1.54) is 22.6 Å². The molecule has 1 aliphatic rings. The summed E-state index contributed by atoms with van der Waals surface area (Å²) in [6.45, 7) is 2.35. The number of nitrogens with one attached hydrogen (secondary N) is 1. The third kappa shape index (κ3) is 3.03. The number of rotatable bonds is 3. The van der Waals surface area contributed by atoms with E-state index in [-0.39, 0.29) is 4.90 Å². The number of pyridine rings is 1. The Hall–Kier alpha value is -1.22. The van der Waals surface area contributed by atoms with E-state index in [1.807, 2.05) is 0 Å². The summed E-state index contributed by atoms with van der Waals surface area (Å²) < 4.78 is 26.1. The number of hydrazine groups is 1. The van der Waals surface area contributed by atoms with Gasteiger partial charge in [0.05, 0.1) is 5.60 Å². The molecule has 1 aromatic rings. The fourth-order valence-corrected chi connectivity index (χ4v) is 3.36. The molecule has 0 amide bonds. The highest BCUT2D eigenvalue weighted by Crippen LogP contribution is 2.26. The molecule has 0 atom stereocenters. The molecule has 2 heterocycles. The molecule has 2 rings (SSSR count). The van der Waals surface area contributed by atoms with Crippen molar-refractivity contribution in [3.63, 3.8) is 0 Å². The molecule has 1 saturated heterocycles. The molecular formula is C11H18N4O3S. The van der Waals surface area contributed by atoms with Crippen molar-refractivity contribution in [2.45, 2.75) is 30.3 Å². The number of aliphatic hydroxyl groups is 1. The van der Waals surface area contributed by atoms with E-state index in [9.17, 15) is 13.5 Å². The van der Waals surface area contributed by atoms with E-state index in [0.717, 1.165) is 0 Å². The smallest absolute Gasteiger partial charge is 0.244 e. The largest absolute Gasteiger partial charge is 0.390 e. The second kappa shape index (κ2) is 5.04. The first kappa shape index (κ1) is 14.2. The van der Waals surface area contributed by atoms with Gasteiger partial charge in [-0.2, -0.15) is 4.31 Å². The molecular weight excluding hydrogens is 268 g/mol. The molecule has 1 aliphatic heterocycles. The lowest BCUT2D eigenvalue weighted by molar-refractivity contribution is 0.0126. The lowest BCUT2D eigenvalue weighted by Crippen LogP contribution is -2.45. The molecule has 1 aromatic heterocycles. The van der Waals surface area contributed by atoms with Crippen LogP contribution in [0.25, 0.3) is 0 Å². The average molecular weight is 286 g/mol. The van der Waals surface area contributed by atoms with Crippen LogP contribution in [-0.2, 0) is 10.0 Å². The number of nitrogens with two attached hydrogens (primary N) is 1. The Morgan fingerprint density at radius 2 is 2.05 bits per heavy atom. The minimum Gasteiger partial charge on any atom is -0.390 e. The Kier molecular flexibility index (Phi) is 3.77. The Morgan fingerprint density at radius 3 is 2.53 bits per heavy atom. The number of nitrogen functional groups attached to an aromatic ring is 1. The van der Waals surface area contributed by atoms with Crippen LogP contribution in [0.3, 0.4) is 0 Å². The zero-order valence-electron chi connectivity index (χ0n) is 10.7. The van der Waals surface area contributed by atoms with Crippen LogP contribution in [0.2, 0.25) is 0 Å². The number of sulfonamides is 1. The molecule has 0 radical (unpaired) electrons. The number of piperidine rings is 1. The van der Waals surface area contributed by atoms with Crippen molar-refractivity contribution in [2.24, 2.45) is 5.84 Å². The number of anilines is 1. The lowest BCUT2D eigenvalue weighted by Gasteiger charge is -2.34. The highest BCUT2D eigenvalue weighted by molar-refractivity contribution is 7.89. The van der Waals surface area contributed by atoms with Crippen molar-refractivity contribution in [2.75, 3.05) is 18.5 Å². The summed E-state index contributed by atoms with van der Waals surface area (Å²) in [6, 6.07) is 2.97. The predicted octanol–water partition coefficient (Wildman–Crippen LogP) is -0.0973. The molecule has 0 aliphatic carbocycles. The van der Waals surface area contributed by atoms with Crippen LogP contribution in [0.15, 0.2) is 23.2 Å². The lowest BCUT2D eigenvalue weighted by atomic mass is 9.95. The molecule has 0 spiro atoms. The van der Waals surface area contributed by atoms with Crippen molar-refractivity contribution < 1.29 is 13.5 Å². The van der Waals surface area contributed by atoms with Crippen molar-refractivity contribution in [1.82, 2.24) is 9.29 Å². The van der Waals surface area contributed by atoms with E-state index < -0.39 is 15.6 Å². The van der Waals surface area contributed by atoms with Crippen LogP contribution < -0.4 is 11.3 Å². The number of hydrogen-bond donors (Lipinski definition) is 3. The molecule has 0 aromatic carbocycles. The van der Waals surface area contributed by atoms with Gasteiger partial charge in [0.25, 0.3) is 0 Å². The van der Waals surface area contributed by atoms with Crippen LogP contribution in [0.4, 0.5) is 5.82 Å². The van der Waals surface area contributed by atoms with Crippen molar-refractivity contribution in [3.8, 4) is 0 Å². The van der Waals surface area contributed by atoms with E-state index >= 15 is 0 Å². The van der Waals surface area contributed by atoms with Crippen LogP contribution in [-0.4, -0.2) is 41.5 Å². The van der Waals surface area contributed by atoms with Crippen molar-refractivity contribution in [3.05, 3.63) is 18.3 Å². The maximum atomic E-state index is 12.4. The third-order valence-electron chi connectivity index (χ3n) is 3.32. The zero-order valence-corrected chi connectivity index (χ0v) is 11.5. The molecule has 1 fully saturated rings. The normalized spacial score (nSPS) is 20.2. The minimum atomic E-state index is -3.55. The fourth-order valence-electron chi connectivity index (χ4n) is 1.98. The van der Waals surface area contributed by atoms with Gasteiger partial charge in [0.2, 0.25) is 10.0 Å². The Bertz CT molecular complexity index is 532. The molecule has 19 heavy (non-hydrogen) atoms. The van der Waals surface area contributed by atoms with Gasteiger partial charge in [-0.25, -0.2) is 19.2 Å². The number of aromatic nitrogens is 1. The first-order chi connectivity index (χ1) is 8.85. The zero-order chi connectivity index (χ0) is 14.1. The summed E-state index contributed by atoms with van der Waals surface area (Å²) in [5.74, 6) is 5.58. The van der Waals surface area contributed by atoms with Gasteiger partial charge >= 0.3 is 0 Å². The van der Waals surface area contributed by atoms with Crippen LogP contribution in [0, 0.1) is 0 Å². The molecule has 0 bridgehead atoms. The minimum absolute atomic E-state index is 0.132. The summed E-state index contributed by atoms with van der Waals surface area (Å²) in [5.41, 5.74) is 1.56. The van der Waals surface area contributed by atoms with Gasteiger partial charge in [-0.05, 0) is 31.9 Å². The van der Waals surface area contributed by atoms with Crippen LogP contribution in [0.1, 0.15) is 19.8 Å². The summed E-state index contributed by atoms with van der Waals surface area (Å²) in [5, 5.41) is 9.84. The quantitative estimate of drug-likeness (QED) is 0.529. The Morgan fingerprint density at radius 1 is 1.42 bits per heavy atom. The number of hydrogen-bond acceptors (Lipinski definition) is 6. The molecule has 4 N–H and O–H groups in total. The van der Waals surface area contributed by atoms with Gasteiger partial charge in [-0.1, -0.05) is 0 Å². The predicted molar refractivity (Wildman–Crippen MR) is 70.7 cm³/mol. The second-order valence-corrected chi connectivity index (χ2v) is 6.86. The van der Waals surface area contributed by atoms with E-state index in [4.69, 9.17) is 5.84 Å². The SMILES string of the molecule is CC1(O)CCN(S(=O)(=O)c2ccc(NN)nc2)CC1. The van der Waals surface area contributed by atoms with Crippen LogP contribution >= 0.6 is 0 Å². The maximum Gasteiger partial charge on any atom is 0.244 e. The molecule has 7 nitrogen and oxygen atoms in total. The first-order valence-corrected chi connectivity index (χ1v) is 7.44. The monoisotopic (exact) mass is 286 g/mol. The topological polar surface area (TPSA) is 109 Å². The highest BCUT2D eigenvalue weighted by Gasteiger charge is 2.34. The third-order valence-corrected chi connectivity index (χ3v) is 5.20. The summed E-state index contributed by atoms with van der Waals surface area (Å²) in [6.07, 6.45) is 2.14. The maximum absolute atomic E-state index is 12.4. The Balaban J connectivity index is 2.18. The van der Waals surface area contributed by atoms with E-state index in [2.05, 4.69) is 10.4 Å². The highest BCUT2D eigenvalue weighted by atomic mass is 32.2. The molecule has 0 saturated carbocycles. The summed E-state index contributed by atoms with van der Waals surface area (Å²) >= 11 is 0. The number of nitrogens with zero attached hydrogens (tertiary/aromatic N) is 2. The standard InChI is InChI=1S/C11H18N4O3S/c1-11(16)4-6-15(7-5-11)19(17,18)9-2-3-10(14-12)13-8-9/h2-3,8,16H,4-7,12H2,1H3,(H,13,14). The van der Waals surface area contributed by atoms with Gasteiger partial charge in [0, 0.05) is 19.3 Å². The summed E-state index contributed by atoms with van der Waals surface area (Å²) in [4.78, 5) is 4.03. The molecule has 106 valence electrons. The average Bonchev–Trinajstić information content (AvgIpc) is 2.38. The van der Waals surface area contributed by atoms with E-state index in [1.54, 1.807) is 6.92 Å². The fraction of sp³-hybridized carbons (Fsp3) is 0.545. The van der Waals surface area contributed by atoms with Crippen LogP contribution in [0.5, 0.6) is 0 Å². The second-order valence-electron chi connectivity index (χ2n) is 4.92. The molecule has 0 unspecified atom stereocenters. The van der Waals surface area contributed by atoms with Gasteiger partial charge in [-0.15, -0.1) is 0 Å².